The third-order valence-corrected chi connectivity index (χ3v) is 7.29. The third kappa shape index (κ3) is 4.19. The van der Waals surface area contributed by atoms with Crippen LogP contribution >= 0.6 is 0 Å². The summed E-state index contributed by atoms with van der Waals surface area (Å²) in [5, 5.41) is 9.41. The molecule has 0 spiro atoms. The molecule has 31 heavy (non-hydrogen) atoms. The highest BCUT2D eigenvalue weighted by Gasteiger charge is 2.54. The first-order valence-corrected chi connectivity index (χ1v) is 11.4. The fourth-order valence-corrected chi connectivity index (χ4v) is 5.63. The molecule has 7 heteroatoms. The Hall–Kier alpha value is -2.43. The molecule has 2 saturated heterocycles. The number of benzene rings is 1. The SMILES string of the molecule is CCOC(=O)[C@@]12CC[C@@H](N3CCOCC3)C[C@H]1CCN(C(=O)c1ccccc1C#N)C2. The average Bonchev–Trinajstić information content (AvgIpc) is 2.83. The van der Waals surface area contributed by atoms with Gasteiger partial charge < -0.3 is 14.4 Å². The Labute approximate surface area is 183 Å². The van der Waals surface area contributed by atoms with Crippen LogP contribution in [0.15, 0.2) is 24.3 Å². The Balaban J connectivity index is 1.56. The largest absolute Gasteiger partial charge is 0.466 e. The van der Waals surface area contributed by atoms with Crippen molar-refractivity contribution in [2.45, 2.75) is 38.6 Å². The Morgan fingerprint density at radius 2 is 2.00 bits per heavy atom. The van der Waals surface area contributed by atoms with Gasteiger partial charge in [-0.1, -0.05) is 12.1 Å². The molecule has 1 aromatic rings. The Kier molecular flexibility index (Phi) is 6.59. The van der Waals surface area contributed by atoms with Crippen LogP contribution in [-0.2, 0) is 14.3 Å². The Morgan fingerprint density at radius 3 is 2.74 bits per heavy atom. The summed E-state index contributed by atoms with van der Waals surface area (Å²) in [4.78, 5) is 30.8. The van der Waals surface area contributed by atoms with E-state index in [-0.39, 0.29) is 17.8 Å². The van der Waals surface area contributed by atoms with Crippen molar-refractivity contribution in [2.24, 2.45) is 11.3 Å². The molecule has 4 rings (SSSR count). The van der Waals surface area contributed by atoms with Gasteiger partial charge in [0.2, 0.25) is 0 Å². The quantitative estimate of drug-likeness (QED) is 0.689. The predicted molar refractivity (Wildman–Crippen MR) is 114 cm³/mol. The number of nitrogens with zero attached hydrogens (tertiary/aromatic N) is 3. The lowest BCUT2D eigenvalue weighted by atomic mass is 9.61. The average molecular weight is 426 g/mol. The van der Waals surface area contributed by atoms with Crippen molar-refractivity contribution in [2.75, 3.05) is 46.0 Å². The van der Waals surface area contributed by atoms with Gasteiger partial charge in [-0.15, -0.1) is 0 Å². The normalized spacial score (nSPS) is 29.0. The van der Waals surface area contributed by atoms with Crippen molar-refractivity contribution in [3.8, 4) is 6.07 Å². The minimum atomic E-state index is -0.658. The van der Waals surface area contributed by atoms with Gasteiger partial charge in [-0.05, 0) is 50.7 Å². The first-order valence-electron chi connectivity index (χ1n) is 11.4. The van der Waals surface area contributed by atoms with Gasteiger partial charge in [0.1, 0.15) is 0 Å². The number of likely N-dealkylation sites (tertiary alicyclic amines) is 1. The second-order valence-corrected chi connectivity index (χ2v) is 8.82. The van der Waals surface area contributed by atoms with Gasteiger partial charge in [0.25, 0.3) is 5.91 Å². The number of amides is 1. The van der Waals surface area contributed by atoms with Crippen molar-refractivity contribution < 1.29 is 19.1 Å². The number of esters is 1. The smallest absolute Gasteiger partial charge is 0.314 e. The molecular weight excluding hydrogens is 394 g/mol. The van der Waals surface area contributed by atoms with Crippen LogP contribution in [-0.4, -0.2) is 73.7 Å². The fraction of sp³-hybridized carbons (Fsp3) is 0.625. The van der Waals surface area contributed by atoms with Gasteiger partial charge in [0.15, 0.2) is 0 Å². The van der Waals surface area contributed by atoms with Crippen molar-refractivity contribution in [1.82, 2.24) is 9.80 Å². The van der Waals surface area contributed by atoms with Gasteiger partial charge in [-0.3, -0.25) is 14.5 Å². The van der Waals surface area contributed by atoms with Crippen LogP contribution in [0.1, 0.15) is 48.5 Å². The van der Waals surface area contributed by atoms with E-state index < -0.39 is 5.41 Å². The fourth-order valence-electron chi connectivity index (χ4n) is 5.63. The van der Waals surface area contributed by atoms with Gasteiger partial charge in [-0.25, -0.2) is 0 Å². The second-order valence-electron chi connectivity index (χ2n) is 8.82. The summed E-state index contributed by atoms with van der Waals surface area (Å²) in [5.74, 6) is -0.149. The van der Waals surface area contributed by atoms with Gasteiger partial charge in [0, 0.05) is 32.2 Å². The standard InChI is InChI=1S/C24H31N3O4/c1-2-31-23(29)24-9-7-20(26-11-13-30-14-12-26)15-19(24)8-10-27(17-24)22(28)21-6-4-3-5-18(21)16-25/h3-6,19-20H,2,7-15,17H2,1H3/t19-,20-,24-/m1/s1. The number of carbonyl (C=O) groups excluding carboxylic acids is 2. The van der Waals surface area contributed by atoms with Crippen LogP contribution < -0.4 is 0 Å². The maximum absolute atomic E-state index is 13.3. The molecule has 0 aromatic heterocycles. The summed E-state index contributed by atoms with van der Waals surface area (Å²) < 4.78 is 11.0. The molecule has 1 saturated carbocycles. The van der Waals surface area contributed by atoms with Crippen LogP contribution in [0.5, 0.6) is 0 Å². The molecule has 7 nitrogen and oxygen atoms in total. The minimum Gasteiger partial charge on any atom is -0.466 e. The zero-order valence-corrected chi connectivity index (χ0v) is 18.2. The molecule has 1 aliphatic carbocycles. The van der Waals surface area contributed by atoms with E-state index in [0.717, 1.165) is 52.0 Å². The lowest BCUT2D eigenvalue weighted by Crippen LogP contribution is -2.59. The van der Waals surface area contributed by atoms with Crippen molar-refractivity contribution in [3.63, 3.8) is 0 Å². The molecular formula is C24H31N3O4. The zero-order chi connectivity index (χ0) is 21.8. The number of hydrogen-bond donors (Lipinski definition) is 0. The Morgan fingerprint density at radius 1 is 1.23 bits per heavy atom. The first-order chi connectivity index (χ1) is 15.1. The van der Waals surface area contributed by atoms with E-state index in [1.165, 1.54) is 0 Å². The van der Waals surface area contributed by atoms with E-state index in [9.17, 15) is 14.9 Å². The molecule has 0 N–H and O–H groups in total. The summed E-state index contributed by atoms with van der Waals surface area (Å²) in [7, 11) is 0. The van der Waals surface area contributed by atoms with E-state index in [2.05, 4.69) is 11.0 Å². The minimum absolute atomic E-state index is 0.172. The number of carbonyl (C=O) groups is 2. The second kappa shape index (κ2) is 9.37. The van der Waals surface area contributed by atoms with Crippen LogP contribution in [0.4, 0.5) is 0 Å². The number of piperidine rings is 1. The monoisotopic (exact) mass is 425 g/mol. The molecule has 0 bridgehead atoms. The maximum Gasteiger partial charge on any atom is 0.314 e. The summed E-state index contributed by atoms with van der Waals surface area (Å²) in [6.45, 7) is 6.56. The van der Waals surface area contributed by atoms with Crippen LogP contribution in [0, 0.1) is 22.7 Å². The number of fused-ring (bicyclic) bond motifs is 1. The van der Waals surface area contributed by atoms with Crippen molar-refractivity contribution in [1.29, 1.82) is 5.26 Å². The highest BCUT2D eigenvalue weighted by molar-refractivity contribution is 5.97. The summed E-state index contributed by atoms with van der Waals surface area (Å²) in [6.07, 6.45) is 3.38. The molecule has 2 heterocycles. The van der Waals surface area contributed by atoms with Crippen LogP contribution in [0.3, 0.4) is 0 Å². The molecule has 3 atom stereocenters. The van der Waals surface area contributed by atoms with Gasteiger partial charge >= 0.3 is 5.97 Å². The van der Waals surface area contributed by atoms with E-state index in [4.69, 9.17) is 9.47 Å². The summed E-state index contributed by atoms with van der Waals surface area (Å²) in [6, 6.07) is 9.46. The van der Waals surface area contributed by atoms with E-state index >= 15 is 0 Å². The molecule has 166 valence electrons. The molecule has 3 aliphatic rings. The molecule has 1 amide bonds. The molecule has 0 radical (unpaired) electrons. The van der Waals surface area contributed by atoms with E-state index in [0.29, 0.717) is 36.9 Å². The predicted octanol–water partition coefficient (Wildman–Crippen LogP) is 2.45. The maximum atomic E-state index is 13.3. The van der Waals surface area contributed by atoms with Crippen molar-refractivity contribution >= 4 is 11.9 Å². The summed E-state index contributed by atoms with van der Waals surface area (Å²) in [5.41, 5.74) is 0.120. The van der Waals surface area contributed by atoms with Crippen molar-refractivity contribution in [3.05, 3.63) is 35.4 Å². The van der Waals surface area contributed by atoms with Crippen LogP contribution in [0.25, 0.3) is 0 Å². The first kappa shape index (κ1) is 21.8. The molecule has 0 unspecified atom stereocenters. The molecule has 3 fully saturated rings. The topological polar surface area (TPSA) is 82.9 Å². The highest BCUT2D eigenvalue weighted by atomic mass is 16.5. The highest BCUT2D eigenvalue weighted by Crippen LogP contribution is 2.48. The van der Waals surface area contributed by atoms with E-state index in [1.54, 1.807) is 29.2 Å². The Bertz CT molecular complexity index is 861. The number of nitriles is 1. The van der Waals surface area contributed by atoms with E-state index in [1.807, 2.05) is 6.92 Å². The number of hydrogen-bond acceptors (Lipinski definition) is 6. The lowest BCUT2D eigenvalue weighted by molar-refractivity contribution is -0.168. The van der Waals surface area contributed by atoms with Gasteiger partial charge in [0.05, 0.1) is 42.4 Å². The number of morpholine rings is 1. The number of ether oxygens (including phenoxy) is 2. The summed E-state index contributed by atoms with van der Waals surface area (Å²) >= 11 is 0. The molecule has 2 aliphatic heterocycles. The van der Waals surface area contributed by atoms with Gasteiger partial charge in [-0.2, -0.15) is 5.26 Å². The lowest BCUT2D eigenvalue weighted by Gasteiger charge is -2.52. The third-order valence-electron chi connectivity index (χ3n) is 7.29. The zero-order valence-electron chi connectivity index (χ0n) is 18.2. The molecule has 1 aromatic carbocycles. The van der Waals surface area contributed by atoms with Crippen LogP contribution in [0.2, 0.25) is 0 Å². The number of rotatable bonds is 4.